The predicted molar refractivity (Wildman–Crippen MR) is 72.4 cm³/mol. The number of pyridine rings is 1. The number of hydrogen-bond donors (Lipinski definition) is 2. The number of thiazole rings is 1. The van der Waals surface area contributed by atoms with Crippen LogP contribution in [0.2, 0.25) is 0 Å². The lowest BCUT2D eigenvalue weighted by molar-refractivity contribution is 0.960. The quantitative estimate of drug-likeness (QED) is 0.876. The first kappa shape index (κ1) is 12.3. The van der Waals surface area contributed by atoms with E-state index >= 15 is 0 Å². The summed E-state index contributed by atoms with van der Waals surface area (Å²) >= 11 is 1.64. The Morgan fingerprint density at radius 3 is 2.94 bits per heavy atom. The Bertz CT molecular complexity index is 584. The zero-order valence-corrected chi connectivity index (χ0v) is 10.8. The van der Waals surface area contributed by atoms with Gasteiger partial charge in [-0.3, -0.25) is 0 Å². The molecule has 0 saturated carbocycles. The number of anilines is 2. The van der Waals surface area contributed by atoms with E-state index in [1.165, 1.54) is 0 Å². The fourth-order valence-electron chi connectivity index (χ4n) is 1.50. The maximum Gasteiger partial charge on any atom is 0.165 e. The van der Waals surface area contributed by atoms with Gasteiger partial charge in [0.15, 0.2) is 5.69 Å². The van der Waals surface area contributed by atoms with Crippen LogP contribution in [0.5, 0.6) is 0 Å². The number of rotatable bonds is 4. The number of nitrogens with one attached hydrogen (secondary N) is 1. The zero-order chi connectivity index (χ0) is 13.0. The van der Waals surface area contributed by atoms with Gasteiger partial charge in [-0.1, -0.05) is 0 Å². The van der Waals surface area contributed by atoms with Crippen LogP contribution < -0.4 is 11.1 Å². The molecule has 0 aromatic carbocycles. The van der Waals surface area contributed by atoms with Gasteiger partial charge in [-0.05, 0) is 19.1 Å². The minimum absolute atomic E-state index is 0.254. The Morgan fingerprint density at radius 2 is 2.28 bits per heavy atom. The summed E-state index contributed by atoms with van der Waals surface area (Å²) in [7, 11) is 0. The summed E-state index contributed by atoms with van der Waals surface area (Å²) in [6.07, 6.45) is 0.832. The molecule has 0 aliphatic rings. The Labute approximate surface area is 109 Å². The number of aryl methyl sites for hydroxylation is 1. The van der Waals surface area contributed by atoms with Crippen molar-refractivity contribution in [2.75, 3.05) is 17.6 Å². The fourth-order valence-corrected chi connectivity index (χ4v) is 2.15. The van der Waals surface area contributed by atoms with Crippen LogP contribution in [-0.4, -0.2) is 16.5 Å². The van der Waals surface area contributed by atoms with Crippen molar-refractivity contribution in [3.63, 3.8) is 0 Å². The highest BCUT2D eigenvalue weighted by atomic mass is 32.1. The number of nitrogens with zero attached hydrogens (tertiary/aromatic N) is 3. The molecular weight excluding hydrogens is 246 g/mol. The second-order valence-electron chi connectivity index (χ2n) is 3.78. The van der Waals surface area contributed by atoms with Crippen LogP contribution >= 0.6 is 11.3 Å². The van der Waals surface area contributed by atoms with E-state index in [1.807, 2.05) is 18.4 Å². The Balaban J connectivity index is 1.93. The van der Waals surface area contributed by atoms with Crippen molar-refractivity contribution in [2.45, 2.75) is 13.3 Å². The van der Waals surface area contributed by atoms with Crippen molar-refractivity contribution in [1.29, 1.82) is 5.26 Å². The van der Waals surface area contributed by atoms with Gasteiger partial charge in [0.25, 0.3) is 0 Å². The van der Waals surface area contributed by atoms with Crippen LogP contribution in [0.15, 0.2) is 17.5 Å². The monoisotopic (exact) mass is 259 g/mol. The molecule has 92 valence electrons. The van der Waals surface area contributed by atoms with Crippen molar-refractivity contribution >= 4 is 22.8 Å². The molecule has 0 spiro atoms. The molecule has 0 aliphatic heterocycles. The Kier molecular flexibility index (Phi) is 3.75. The van der Waals surface area contributed by atoms with Gasteiger partial charge in [0, 0.05) is 18.3 Å². The SMILES string of the molecule is Cc1nc(CCNc2ccc(N)c(C#N)n2)cs1. The summed E-state index contributed by atoms with van der Waals surface area (Å²) < 4.78 is 0. The first-order valence-corrected chi connectivity index (χ1v) is 6.38. The molecule has 0 unspecified atom stereocenters. The number of aromatic nitrogens is 2. The average Bonchev–Trinajstić information content (AvgIpc) is 2.77. The minimum Gasteiger partial charge on any atom is -0.396 e. The van der Waals surface area contributed by atoms with Crippen molar-refractivity contribution in [2.24, 2.45) is 0 Å². The standard InChI is InChI=1S/C12H13N5S/c1-8-16-9(7-18-8)4-5-15-12-3-2-10(14)11(6-13)17-12/h2-3,7H,4-5,14H2,1H3,(H,15,17). The molecule has 2 aromatic rings. The van der Waals surface area contributed by atoms with E-state index in [4.69, 9.17) is 11.0 Å². The van der Waals surface area contributed by atoms with E-state index in [0.717, 1.165) is 23.7 Å². The molecule has 2 heterocycles. The van der Waals surface area contributed by atoms with E-state index in [2.05, 4.69) is 15.3 Å². The summed E-state index contributed by atoms with van der Waals surface area (Å²) in [5.74, 6) is 0.660. The van der Waals surface area contributed by atoms with Crippen LogP contribution in [0, 0.1) is 18.3 Å². The average molecular weight is 259 g/mol. The molecule has 0 bridgehead atoms. The molecule has 0 saturated heterocycles. The summed E-state index contributed by atoms with van der Waals surface area (Å²) in [5, 5.41) is 15.1. The van der Waals surface area contributed by atoms with Crippen LogP contribution in [-0.2, 0) is 6.42 Å². The highest BCUT2D eigenvalue weighted by molar-refractivity contribution is 7.09. The molecule has 5 nitrogen and oxygen atoms in total. The van der Waals surface area contributed by atoms with Gasteiger partial charge in [0.05, 0.1) is 16.4 Å². The van der Waals surface area contributed by atoms with Gasteiger partial charge in [-0.2, -0.15) is 5.26 Å². The number of nitrogen functional groups attached to an aromatic ring is 1. The van der Waals surface area contributed by atoms with Gasteiger partial charge < -0.3 is 11.1 Å². The largest absolute Gasteiger partial charge is 0.396 e. The van der Waals surface area contributed by atoms with Gasteiger partial charge in [-0.25, -0.2) is 9.97 Å². The first-order chi connectivity index (χ1) is 8.69. The molecular formula is C12H13N5S. The highest BCUT2D eigenvalue weighted by Gasteiger charge is 2.02. The molecule has 0 aliphatic carbocycles. The molecule has 0 radical (unpaired) electrons. The molecule has 0 atom stereocenters. The van der Waals surface area contributed by atoms with Crippen molar-refractivity contribution in [3.8, 4) is 6.07 Å². The van der Waals surface area contributed by atoms with Gasteiger partial charge in [0.2, 0.25) is 0 Å². The molecule has 2 aromatic heterocycles. The summed E-state index contributed by atoms with van der Waals surface area (Å²) in [6, 6.07) is 5.41. The van der Waals surface area contributed by atoms with Crippen LogP contribution in [0.3, 0.4) is 0 Å². The minimum atomic E-state index is 0.254. The predicted octanol–water partition coefficient (Wildman–Crippen LogP) is 1.95. The Morgan fingerprint density at radius 1 is 1.44 bits per heavy atom. The van der Waals surface area contributed by atoms with E-state index in [-0.39, 0.29) is 5.69 Å². The lowest BCUT2D eigenvalue weighted by Gasteiger charge is -2.05. The summed E-state index contributed by atoms with van der Waals surface area (Å²) in [6.45, 7) is 2.72. The highest BCUT2D eigenvalue weighted by Crippen LogP contribution is 2.12. The number of nitrogens with two attached hydrogens (primary N) is 1. The lowest BCUT2D eigenvalue weighted by atomic mass is 10.3. The van der Waals surface area contributed by atoms with Crippen LogP contribution in [0.25, 0.3) is 0 Å². The second-order valence-corrected chi connectivity index (χ2v) is 4.84. The second kappa shape index (κ2) is 5.47. The molecule has 18 heavy (non-hydrogen) atoms. The topological polar surface area (TPSA) is 87.6 Å². The van der Waals surface area contributed by atoms with Crippen molar-refractivity contribution in [1.82, 2.24) is 9.97 Å². The van der Waals surface area contributed by atoms with E-state index in [9.17, 15) is 0 Å². The van der Waals surface area contributed by atoms with E-state index in [1.54, 1.807) is 23.5 Å². The Hall–Kier alpha value is -2.13. The van der Waals surface area contributed by atoms with Gasteiger partial charge >= 0.3 is 0 Å². The maximum atomic E-state index is 8.82. The molecule has 3 N–H and O–H groups in total. The third-order valence-electron chi connectivity index (χ3n) is 2.39. The molecule has 2 rings (SSSR count). The van der Waals surface area contributed by atoms with Crippen molar-refractivity contribution < 1.29 is 0 Å². The molecule has 0 amide bonds. The summed E-state index contributed by atoms with van der Waals surface area (Å²) in [5.41, 5.74) is 7.33. The third-order valence-corrected chi connectivity index (χ3v) is 3.21. The van der Waals surface area contributed by atoms with Crippen LogP contribution in [0.1, 0.15) is 16.4 Å². The van der Waals surface area contributed by atoms with Crippen molar-refractivity contribution in [3.05, 3.63) is 33.9 Å². The van der Waals surface area contributed by atoms with E-state index in [0.29, 0.717) is 11.5 Å². The van der Waals surface area contributed by atoms with Gasteiger partial charge in [-0.15, -0.1) is 11.3 Å². The molecule has 0 fully saturated rings. The smallest absolute Gasteiger partial charge is 0.165 e. The number of hydrogen-bond acceptors (Lipinski definition) is 6. The lowest BCUT2D eigenvalue weighted by Crippen LogP contribution is -2.07. The zero-order valence-electron chi connectivity index (χ0n) is 9.97. The van der Waals surface area contributed by atoms with E-state index < -0.39 is 0 Å². The third kappa shape index (κ3) is 2.96. The normalized spacial score (nSPS) is 10.0. The maximum absolute atomic E-state index is 8.82. The molecule has 6 heteroatoms. The summed E-state index contributed by atoms with van der Waals surface area (Å²) in [4.78, 5) is 8.49. The number of nitriles is 1. The van der Waals surface area contributed by atoms with Gasteiger partial charge in [0.1, 0.15) is 11.9 Å². The fraction of sp³-hybridized carbons (Fsp3) is 0.250. The van der Waals surface area contributed by atoms with Crippen LogP contribution in [0.4, 0.5) is 11.5 Å². The first-order valence-electron chi connectivity index (χ1n) is 5.50.